The largest absolute Gasteiger partial charge is 0.380 e. The summed E-state index contributed by atoms with van der Waals surface area (Å²) in [7, 11) is -4.35. The summed E-state index contributed by atoms with van der Waals surface area (Å²) in [6, 6.07) is 10.1. The number of aliphatic hydroxyl groups is 1. The first-order valence-electron chi connectivity index (χ1n) is 6.49. The van der Waals surface area contributed by atoms with Crippen LogP contribution in [0.5, 0.6) is 0 Å². The highest BCUT2D eigenvalue weighted by Gasteiger charge is 2.25. The predicted octanol–water partition coefficient (Wildman–Crippen LogP) is 1.61. The molecule has 8 heteroatoms. The molecule has 0 saturated carbocycles. The van der Waals surface area contributed by atoms with Gasteiger partial charge in [0.1, 0.15) is 0 Å². The normalized spacial score (nSPS) is 13.9. The zero-order valence-corrected chi connectivity index (χ0v) is 13.2. The zero-order valence-electron chi connectivity index (χ0n) is 11.3. The van der Waals surface area contributed by atoms with Gasteiger partial charge in [-0.25, -0.2) is 4.98 Å². The maximum atomic E-state index is 10.8. The molecule has 1 aromatic heterocycles. The van der Waals surface area contributed by atoms with Gasteiger partial charge < -0.3 is 19.2 Å². The third-order valence-electron chi connectivity index (χ3n) is 2.99. The number of rotatable bonds is 7. The van der Waals surface area contributed by atoms with Crippen LogP contribution in [0.3, 0.4) is 0 Å². The number of hydrogen-bond acceptors (Lipinski definition) is 3. The smallest absolute Gasteiger partial charge is 0.354 e. The molecule has 6 nitrogen and oxygen atoms in total. The van der Waals surface area contributed by atoms with Crippen LogP contribution in [0.1, 0.15) is 11.3 Å². The first-order chi connectivity index (χ1) is 9.95. The Hall–Kier alpha value is -1.03. The van der Waals surface area contributed by atoms with Crippen molar-refractivity contribution in [2.45, 2.75) is 18.7 Å². The molecule has 0 bridgehead atoms. The lowest BCUT2D eigenvalue weighted by Crippen LogP contribution is -2.10. The van der Waals surface area contributed by atoms with Crippen LogP contribution in [0, 0.1) is 0 Å². The minimum absolute atomic E-state index is 0.0266. The summed E-state index contributed by atoms with van der Waals surface area (Å²) >= 11 is 0. The van der Waals surface area contributed by atoms with Crippen LogP contribution < -0.4 is 0 Å². The van der Waals surface area contributed by atoms with Crippen molar-refractivity contribution in [2.75, 3.05) is 6.16 Å². The number of aromatic nitrogens is 2. The molecular formula is C13H18N2O4P2. The van der Waals surface area contributed by atoms with Crippen molar-refractivity contribution in [3.05, 3.63) is 54.1 Å². The number of aryl methyl sites for hydroxylation is 2. The summed E-state index contributed by atoms with van der Waals surface area (Å²) in [4.78, 5) is 21.9. The predicted molar refractivity (Wildman–Crippen MR) is 82.7 cm³/mol. The molecule has 2 unspecified atom stereocenters. The van der Waals surface area contributed by atoms with Gasteiger partial charge in [0.2, 0.25) is 0 Å². The van der Waals surface area contributed by atoms with E-state index in [1.165, 1.54) is 5.56 Å². The maximum absolute atomic E-state index is 10.8. The Balaban J connectivity index is 1.83. The minimum Gasteiger partial charge on any atom is -0.380 e. The number of imidazole rings is 1. The zero-order chi connectivity index (χ0) is 15.3. The van der Waals surface area contributed by atoms with Crippen LogP contribution in [0.25, 0.3) is 0 Å². The Morgan fingerprint density at radius 1 is 1.24 bits per heavy atom. The maximum Gasteiger partial charge on any atom is 0.354 e. The lowest BCUT2D eigenvalue weighted by molar-refractivity contribution is 0.220. The van der Waals surface area contributed by atoms with Gasteiger partial charge in [-0.15, -0.1) is 0 Å². The molecule has 0 radical (unpaired) electrons. The quantitative estimate of drug-likeness (QED) is 0.671. The van der Waals surface area contributed by atoms with E-state index in [0.717, 1.165) is 18.5 Å². The molecule has 114 valence electrons. The van der Waals surface area contributed by atoms with Gasteiger partial charge in [-0.1, -0.05) is 30.3 Å². The average Bonchev–Trinajstić information content (AvgIpc) is 2.90. The van der Waals surface area contributed by atoms with Crippen LogP contribution in [-0.4, -0.2) is 36.2 Å². The molecule has 0 fully saturated rings. The second-order valence-electron chi connectivity index (χ2n) is 4.69. The Labute approximate surface area is 124 Å². The molecule has 0 aliphatic heterocycles. The fourth-order valence-corrected chi connectivity index (χ4v) is 3.75. The van der Waals surface area contributed by atoms with Crippen LogP contribution in [0.4, 0.5) is 0 Å². The number of aliphatic hydroxyl groups excluding tert-OH is 1. The van der Waals surface area contributed by atoms with E-state index in [9.17, 15) is 9.67 Å². The van der Waals surface area contributed by atoms with Crippen molar-refractivity contribution in [3.8, 4) is 0 Å². The highest BCUT2D eigenvalue weighted by molar-refractivity contribution is 7.53. The molecule has 0 saturated heterocycles. The van der Waals surface area contributed by atoms with E-state index in [1.807, 2.05) is 24.4 Å². The van der Waals surface area contributed by atoms with Crippen molar-refractivity contribution >= 4 is 16.3 Å². The van der Waals surface area contributed by atoms with Gasteiger partial charge in [0.05, 0.1) is 12.0 Å². The summed E-state index contributed by atoms with van der Waals surface area (Å²) in [5, 5.41) is 9.32. The van der Waals surface area contributed by atoms with E-state index >= 15 is 0 Å². The first-order valence-corrected chi connectivity index (χ1v) is 9.32. The summed E-state index contributed by atoms with van der Waals surface area (Å²) in [6.07, 6.45) is 5.21. The lowest BCUT2D eigenvalue weighted by Gasteiger charge is -2.11. The first kappa shape index (κ1) is 16.3. The molecule has 1 aromatic carbocycles. The Kier molecular flexibility index (Phi) is 5.68. The molecule has 2 aromatic rings. The lowest BCUT2D eigenvalue weighted by atomic mass is 10.1. The third kappa shape index (κ3) is 5.34. The number of nitrogens with zero attached hydrogens (tertiary/aromatic N) is 2. The van der Waals surface area contributed by atoms with Crippen molar-refractivity contribution in [3.63, 3.8) is 0 Å². The van der Waals surface area contributed by atoms with Gasteiger partial charge >= 0.3 is 7.60 Å². The molecule has 0 aliphatic rings. The number of benzene rings is 1. The molecule has 21 heavy (non-hydrogen) atoms. The third-order valence-corrected chi connectivity index (χ3v) is 5.48. The SMILES string of the molecule is O=P(O)(O)C(O)CPn1cnc(CCc2ccccc2)c1. The number of hydrogen-bond donors (Lipinski definition) is 3. The van der Waals surface area contributed by atoms with Crippen LogP contribution in [0.15, 0.2) is 42.9 Å². The minimum atomic E-state index is -4.41. The van der Waals surface area contributed by atoms with E-state index in [2.05, 4.69) is 17.1 Å². The Bertz CT molecular complexity index is 612. The van der Waals surface area contributed by atoms with Gasteiger partial charge in [-0.2, -0.15) is 0 Å². The average molecular weight is 328 g/mol. The van der Waals surface area contributed by atoms with E-state index in [-0.39, 0.29) is 14.9 Å². The van der Waals surface area contributed by atoms with Gasteiger partial charge in [0.25, 0.3) is 0 Å². The summed E-state index contributed by atoms with van der Waals surface area (Å²) < 4.78 is 12.6. The van der Waals surface area contributed by atoms with E-state index < -0.39 is 13.4 Å². The topological polar surface area (TPSA) is 95.6 Å². The highest BCUT2D eigenvalue weighted by Crippen LogP contribution is 2.41. The molecule has 3 N–H and O–H groups in total. The summed E-state index contributed by atoms with van der Waals surface area (Å²) in [6.45, 7) is 0. The summed E-state index contributed by atoms with van der Waals surface area (Å²) in [5.74, 6) is -1.61. The van der Waals surface area contributed by atoms with E-state index in [0.29, 0.717) is 0 Å². The molecule has 0 aliphatic carbocycles. The molecule has 2 atom stereocenters. The molecule has 1 heterocycles. The molecular weight excluding hydrogens is 310 g/mol. The van der Waals surface area contributed by atoms with Gasteiger partial charge in [-0.3, -0.25) is 4.57 Å². The van der Waals surface area contributed by atoms with Crippen molar-refractivity contribution < 1.29 is 19.5 Å². The van der Waals surface area contributed by atoms with Crippen molar-refractivity contribution in [2.24, 2.45) is 0 Å². The van der Waals surface area contributed by atoms with Crippen LogP contribution in [-0.2, 0) is 17.4 Å². The van der Waals surface area contributed by atoms with Crippen LogP contribution >= 0.6 is 16.3 Å². The van der Waals surface area contributed by atoms with Crippen molar-refractivity contribution in [1.29, 1.82) is 0 Å². The summed E-state index contributed by atoms with van der Waals surface area (Å²) in [5.41, 5.74) is 2.17. The standard InChI is InChI=1S/C13H18N2O4P2/c16-13(21(17,18)19)9-20-15-8-12(14-10-15)7-6-11-4-2-1-3-5-11/h1-5,8,10,13,16,20H,6-7,9H2,(H2,17,18,19). The van der Waals surface area contributed by atoms with Crippen LogP contribution in [0.2, 0.25) is 0 Å². The van der Waals surface area contributed by atoms with E-state index in [4.69, 9.17) is 9.79 Å². The Morgan fingerprint density at radius 2 is 1.95 bits per heavy atom. The fraction of sp³-hybridized carbons (Fsp3) is 0.308. The molecule has 0 amide bonds. The molecule has 0 spiro atoms. The Morgan fingerprint density at radius 3 is 2.62 bits per heavy atom. The van der Waals surface area contributed by atoms with Gasteiger partial charge in [0.15, 0.2) is 5.85 Å². The van der Waals surface area contributed by atoms with Crippen molar-refractivity contribution in [1.82, 2.24) is 9.32 Å². The highest BCUT2D eigenvalue weighted by atomic mass is 31.2. The monoisotopic (exact) mass is 328 g/mol. The second kappa shape index (κ2) is 7.30. The fourth-order valence-electron chi connectivity index (χ4n) is 1.80. The van der Waals surface area contributed by atoms with Gasteiger partial charge in [-0.05, 0) is 27.1 Å². The van der Waals surface area contributed by atoms with Gasteiger partial charge in [0, 0.05) is 12.4 Å². The molecule has 2 rings (SSSR count). The van der Waals surface area contributed by atoms with E-state index in [1.54, 1.807) is 10.7 Å². The second-order valence-corrected chi connectivity index (χ2v) is 7.70.